The van der Waals surface area contributed by atoms with Crippen molar-refractivity contribution < 1.29 is 0 Å². The van der Waals surface area contributed by atoms with Gasteiger partial charge in [0.25, 0.3) is 0 Å². The first kappa shape index (κ1) is 24.6. The summed E-state index contributed by atoms with van der Waals surface area (Å²) in [6.45, 7) is 0. The van der Waals surface area contributed by atoms with Crippen molar-refractivity contribution in [2.24, 2.45) is 0 Å². The average Bonchev–Trinajstić information content (AvgIpc) is 3.43. The van der Waals surface area contributed by atoms with Crippen LogP contribution in [-0.2, 0) is 0 Å². The Morgan fingerprint density at radius 1 is 0.364 bits per heavy atom. The molecule has 0 N–H and O–H groups in total. The molecule has 2 aromatic heterocycles. The van der Waals surface area contributed by atoms with Crippen molar-refractivity contribution >= 4 is 21.5 Å². The smallest absolute Gasteiger partial charge is 0.161 e. The standard InChI is InChI=1S/C41H25N3/c1-2-9-27(10-3-1)38-23-39(28-19-17-26(18-20-28)37-25-42-24-29-11-4-5-12-30(29)37)44-41(43-38)36-22-21-35-32-14-7-6-13-31(32)33-15-8-16-34(36)40(33)35/h1-25H. The fourth-order valence-corrected chi connectivity index (χ4v) is 6.64. The van der Waals surface area contributed by atoms with Gasteiger partial charge in [-0.1, -0.05) is 127 Å². The molecule has 0 aliphatic heterocycles. The molecule has 0 unspecified atom stereocenters. The molecule has 0 radical (unpaired) electrons. The predicted molar refractivity (Wildman–Crippen MR) is 181 cm³/mol. The van der Waals surface area contributed by atoms with Crippen LogP contribution in [0.15, 0.2) is 152 Å². The van der Waals surface area contributed by atoms with E-state index in [1.165, 1.54) is 38.4 Å². The minimum absolute atomic E-state index is 0.725. The molecular weight excluding hydrogens is 534 g/mol. The van der Waals surface area contributed by atoms with Gasteiger partial charge in [-0.05, 0) is 56.1 Å². The van der Waals surface area contributed by atoms with Crippen LogP contribution in [0.1, 0.15) is 0 Å². The van der Waals surface area contributed by atoms with E-state index in [0.29, 0.717) is 0 Å². The van der Waals surface area contributed by atoms with Crippen molar-refractivity contribution in [2.45, 2.75) is 0 Å². The predicted octanol–water partition coefficient (Wildman–Crippen LogP) is 10.5. The molecule has 0 saturated carbocycles. The number of aromatic nitrogens is 3. The van der Waals surface area contributed by atoms with Crippen LogP contribution in [0.4, 0.5) is 0 Å². The third-order valence-electron chi connectivity index (χ3n) is 8.74. The van der Waals surface area contributed by atoms with Crippen LogP contribution in [0.5, 0.6) is 0 Å². The lowest BCUT2D eigenvalue weighted by atomic mass is 9.97. The van der Waals surface area contributed by atoms with Crippen molar-refractivity contribution in [3.05, 3.63) is 152 Å². The van der Waals surface area contributed by atoms with Crippen LogP contribution in [0.2, 0.25) is 0 Å². The van der Waals surface area contributed by atoms with Gasteiger partial charge in [0.15, 0.2) is 5.82 Å². The number of benzene rings is 6. The Kier molecular flexibility index (Phi) is 5.50. The Labute approximate surface area is 255 Å². The molecule has 44 heavy (non-hydrogen) atoms. The highest BCUT2D eigenvalue weighted by Gasteiger charge is 2.23. The van der Waals surface area contributed by atoms with Gasteiger partial charge < -0.3 is 0 Å². The fraction of sp³-hybridized carbons (Fsp3) is 0. The van der Waals surface area contributed by atoms with Crippen LogP contribution in [0.3, 0.4) is 0 Å². The lowest BCUT2D eigenvalue weighted by Crippen LogP contribution is -1.97. The van der Waals surface area contributed by atoms with E-state index in [1.54, 1.807) is 0 Å². The number of fused-ring (bicyclic) bond motifs is 4. The minimum Gasteiger partial charge on any atom is -0.263 e. The molecule has 0 bridgehead atoms. The van der Waals surface area contributed by atoms with Gasteiger partial charge in [0.1, 0.15) is 0 Å². The fourth-order valence-electron chi connectivity index (χ4n) is 6.64. The van der Waals surface area contributed by atoms with E-state index in [4.69, 9.17) is 9.97 Å². The van der Waals surface area contributed by atoms with Crippen molar-refractivity contribution in [1.82, 2.24) is 15.0 Å². The molecule has 0 spiro atoms. The van der Waals surface area contributed by atoms with Crippen molar-refractivity contribution in [2.75, 3.05) is 0 Å². The first-order valence-corrected chi connectivity index (χ1v) is 14.9. The van der Waals surface area contributed by atoms with Crippen LogP contribution in [-0.4, -0.2) is 15.0 Å². The second-order valence-corrected chi connectivity index (χ2v) is 11.2. The van der Waals surface area contributed by atoms with E-state index in [0.717, 1.165) is 50.4 Å². The quantitative estimate of drug-likeness (QED) is 0.215. The number of nitrogens with zero attached hydrogens (tertiary/aromatic N) is 3. The summed E-state index contributed by atoms with van der Waals surface area (Å²) < 4.78 is 0. The third-order valence-corrected chi connectivity index (χ3v) is 8.74. The van der Waals surface area contributed by atoms with Crippen LogP contribution < -0.4 is 0 Å². The zero-order valence-electron chi connectivity index (χ0n) is 23.8. The maximum Gasteiger partial charge on any atom is 0.161 e. The molecule has 3 nitrogen and oxygen atoms in total. The molecule has 9 rings (SSSR count). The van der Waals surface area contributed by atoms with Gasteiger partial charge in [0.2, 0.25) is 0 Å². The Hall–Kier alpha value is -5.93. The maximum absolute atomic E-state index is 5.21. The largest absolute Gasteiger partial charge is 0.263 e. The lowest BCUT2D eigenvalue weighted by Gasteiger charge is -2.13. The molecule has 204 valence electrons. The summed E-state index contributed by atoms with van der Waals surface area (Å²) >= 11 is 0. The SMILES string of the molecule is c1ccc(-c2cc(-c3ccc(-c4cncc5ccccc45)cc3)nc(-c3ccc4c5c(cccc35)-c3ccccc3-4)n2)cc1. The van der Waals surface area contributed by atoms with E-state index in [-0.39, 0.29) is 0 Å². The van der Waals surface area contributed by atoms with Gasteiger partial charge in [-0.25, -0.2) is 9.97 Å². The summed E-state index contributed by atoms with van der Waals surface area (Å²) in [5.74, 6) is 0.725. The summed E-state index contributed by atoms with van der Waals surface area (Å²) in [5.41, 5.74) is 12.3. The summed E-state index contributed by atoms with van der Waals surface area (Å²) in [5, 5.41) is 4.77. The average molecular weight is 560 g/mol. The monoisotopic (exact) mass is 559 g/mol. The van der Waals surface area contributed by atoms with E-state index in [1.807, 2.05) is 18.5 Å². The topological polar surface area (TPSA) is 38.7 Å². The van der Waals surface area contributed by atoms with Gasteiger partial charge >= 0.3 is 0 Å². The van der Waals surface area contributed by atoms with Crippen molar-refractivity contribution in [3.8, 4) is 67.3 Å². The van der Waals surface area contributed by atoms with E-state index in [9.17, 15) is 0 Å². The van der Waals surface area contributed by atoms with Gasteiger partial charge in [0, 0.05) is 40.0 Å². The lowest BCUT2D eigenvalue weighted by molar-refractivity contribution is 1.19. The van der Waals surface area contributed by atoms with Crippen LogP contribution in [0.25, 0.3) is 88.8 Å². The first-order valence-electron chi connectivity index (χ1n) is 14.9. The third kappa shape index (κ3) is 3.87. The molecule has 1 aliphatic rings. The minimum atomic E-state index is 0.725. The molecule has 1 aliphatic carbocycles. The molecule has 3 heteroatoms. The Morgan fingerprint density at radius 2 is 0.955 bits per heavy atom. The van der Waals surface area contributed by atoms with Crippen LogP contribution in [0, 0.1) is 0 Å². The van der Waals surface area contributed by atoms with Gasteiger partial charge in [0.05, 0.1) is 11.4 Å². The number of pyridine rings is 1. The normalized spacial score (nSPS) is 11.6. The number of hydrogen-bond donors (Lipinski definition) is 0. The van der Waals surface area contributed by atoms with Gasteiger partial charge in [-0.15, -0.1) is 0 Å². The molecule has 0 amide bonds. The van der Waals surface area contributed by atoms with E-state index in [2.05, 4.69) is 138 Å². The molecule has 0 fully saturated rings. The highest BCUT2D eigenvalue weighted by Crippen LogP contribution is 2.49. The molecular formula is C41H25N3. The first-order chi connectivity index (χ1) is 21.8. The molecule has 6 aromatic carbocycles. The maximum atomic E-state index is 5.21. The zero-order valence-corrected chi connectivity index (χ0v) is 23.8. The zero-order chi connectivity index (χ0) is 29.0. The second kappa shape index (κ2) is 9.82. The summed E-state index contributed by atoms with van der Waals surface area (Å²) in [7, 11) is 0. The van der Waals surface area contributed by atoms with Crippen molar-refractivity contribution in [3.63, 3.8) is 0 Å². The number of hydrogen-bond acceptors (Lipinski definition) is 3. The highest BCUT2D eigenvalue weighted by molar-refractivity contribution is 6.18. The van der Waals surface area contributed by atoms with Crippen LogP contribution >= 0.6 is 0 Å². The molecule has 0 saturated heterocycles. The second-order valence-electron chi connectivity index (χ2n) is 11.2. The highest BCUT2D eigenvalue weighted by atomic mass is 14.9. The number of rotatable bonds is 4. The molecule has 8 aromatic rings. The Morgan fingerprint density at radius 3 is 1.75 bits per heavy atom. The summed E-state index contributed by atoms with van der Waals surface area (Å²) in [4.78, 5) is 14.9. The van der Waals surface area contributed by atoms with Gasteiger partial charge in [-0.2, -0.15) is 0 Å². The van der Waals surface area contributed by atoms with E-state index < -0.39 is 0 Å². The van der Waals surface area contributed by atoms with Gasteiger partial charge in [-0.3, -0.25) is 4.98 Å². The Balaban J connectivity index is 1.21. The Bertz CT molecular complexity index is 2340. The van der Waals surface area contributed by atoms with E-state index >= 15 is 0 Å². The molecule has 0 atom stereocenters. The summed E-state index contributed by atoms with van der Waals surface area (Å²) in [6.07, 6.45) is 3.86. The van der Waals surface area contributed by atoms with Crippen molar-refractivity contribution in [1.29, 1.82) is 0 Å². The summed E-state index contributed by atoms with van der Waals surface area (Å²) in [6, 6.07) is 49.1. The molecule has 2 heterocycles.